The van der Waals surface area contributed by atoms with E-state index in [4.69, 9.17) is 16.6 Å². The van der Waals surface area contributed by atoms with Crippen molar-refractivity contribution in [2.75, 3.05) is 26.6 Å². The van der Waals surface area contributed by atoms with E-state index in [1.54, 1.807) is 0 Å². The number of rotatable bonds is 2. The fraction of sp³-hybridized carbons (Fsp3) is 0.857. The summed E-state index contributed by atoms with van der Waals surface area (Å²) < 4.78 is 14.7. The number of hydrogen-bond donors (Lipinski definition) is 0. The second-order valence-corrected chi connectivity index (χ2v) is 2.94. The van der Waals surface area contributed by atoms with Crippen LogP contribution in [0.4, 0.5) is 0 Å². The van der Waals surface area contributed by atoms with Gasteiger partial charge >= 0.3 is 0 Å². The molecule has 0 amide bonds. The Morgan fingerprint density at radius 2 is 2.10 bits per heavy atom. The van der Waals surface area contributed by atoms with Crippen molar-refractivity contribution in [2.24, 2.45) is 5.41 Å². The van der Waals surface area contributed by atoms with Crippen LogP contribution in [0.15, 0.2) is 0 Å². The van der Waals surface area contributed by atoms with E-state index in [2.05, 4.69) is 4.74 Å². The SMILES string of the molecule is [CH]OCC1(C)COCOC1. The monoisotopic (exact) mass is 144 g/mol. The molecular weight excluding hydrogens is 132 g/mol. The second-order valence-electron chi connectivity index (χ2n) is 2.94. The topological polar surface area (TPSA) is 27.7 Å². The third-order valence-corrected chi connectivity index (χ3v) is 1.50. The lowest BCUT2D eigenvalue weighted by Crippen LogP contribution is -2.38. The molecule has 10 heavy (non-hydrogen) atoms. The molecule has 0 unspecified atom stereocenters. The molecule has 3 heteroatoms. The van der Waals surface area contributed by atoms with Gasteiger partial charge in [0.25, 0.3) is 0 Å². The van der Waals surface area contributed by atoms with Crippen molar-refractivity contribution in [1.82, 2.24) is 0 Å². The van der Waals surface area contributed by atoms with Gasteiger partial charge in [-0.3, -0.25) is 0 Å². The summed E-state index contributed by atoms with van der Waals surface area (Å²) in [5.74, 6) is 0. The van der Waals surface area contributed by atoms with Crippen molar-refractivity contribution in [1.29, 1.82) is 0 Å². The van der Waals surface area contributed by atoms with Gasteiger partial charge in [-0.1, -0.05) is 6.92 Å². The number of ether oxygens (including phenoxy) is 3. The molecule has 0 aromatic rings. The van der Waals surface area contributed by atoms with Gasteiger partial charge in [-0.15, -0.1) is 0 Å². The number of hydrogen-bond acceptors (Lipinski definition) is 3. The highest BCUT2D eigenvalue weighted by Gasteiger charge is 2.28. The molecule has 0 N–H and O–H groups in total. The van der Waals surface area contributed by atoms with E-state index in [-0.39, 0.29) is 5.41 Å². The summed E-state index contributed by atoms with van der Waals surface area (Å²) in [5.41, 5.74) is -0.0625. The van der Waals surface area contributed by atoms with Gasteiger partial charge in [0.2, 0.25) is 0 Å². The van der Waals surface area contributed by atoms with Crippen LogP contribution in [0.1, 0.15) is 6.92 Å². The van der Waals surface area contributed by atoms with Crippen molar-refractivity contribution >= 4 is 0 Å². The summed E-state index contributed by atoms with van der Waals surface area (Å²) in [7, 11) is 4.93. The van der Waals surface area contributed by atoms with Gasteiger partial charge in [-0.2, -0.15) is 0 Å². The maximum atomic E-state index is 5.08. The van der Waals surface area contributed by atoms with Crippen LogP contribution in [-0.4, -0.2) is 26.6 Å². The average molecular weight is 144 g/mol. The molecule has 0 aromatic heterocycles. The Morgan fingerprint density at radius 1 is 1.50 bits per heavy atom. The molecule has 3 nitrogen and oxygen atoms in total. The molecule has 0 aliphatic carbocycles. The maximum Gasteiger partial charge on any atom is 0.146 e. The van der Waals surface area contributed by atoms with Gasteiger partial charge in [0, 0.05) is 5.41 Å². The van der Waals surface area contributed by atoms with Gasteiger partial charge in [-0.05, 0) is 0 Å². The molecule has 2 radical (unpaired) electrons. The highest BCUT2D eigenvalue weighted by atomic mass is 16.7. The Balaban J connectivity index is 2.32. The van der Waals surface area contributed by atoms with Crippen LogP contribution in [0.3, 0.4) is 0 Å². The zero-order valence-corrected chi connectivity index (χ0v) is 6.13. The maximum absolute atomic E-state index is 5.08. The smallest absolute Gasteiger partial charge is 0.146 e. The lowest BCUT2D eigenvalue weighted by atomic mass is 9.94. The van der Waals surface area contributed by atoms with Crippen LogP contribution in [0.5, 0.6) is 0 Å². The van der Waals surface area contributed by atoms with Crippen molar-refractivity contribution in [2.45, 2.75) is 6.92 Å². The minimum Gasteiger partial charge on any atom is -0.372 e. The second kappa shape index (κ2) is 3.32. The minimum atomic E-state index is -0.0625. The molecule has 1 aliphatic rings. The molecule has 1 fully saturated rings. The van der Waals surface area contributed by atoms with E-state index in [9.17, 15) is 0 Å². The average Bonchev–Trinajstić information content (AvgIpc) is 1.89. The van der Waals surface area contributed by atoms with Crippen molar-refractivity contribution < 1.29 is 14.2 Å². The van der Waals surface area contributed by atoms with Crippen molar-refractivity contribution in [3.05, 3.63) is 7.11 Å². The van der Waals surface area contributed by atoms with Crippen molar-refractivity contribution in [3.63, 3.8) is 0 Å². The van der Waals surface area contributed by atoms with E-state index >= 15 is 0 Å². The first-order chi connectivity index (χ1) is 4.77. The van der Waals surface area contributed by atoms with Crippen LogP contribution < -0.4 is 0 Å². The van der Waals surface area contributed by atoms with Gasteiger partial charge in [-0.25, -0.2) is 0 Å². The molecule has 0 bridgehead atoms. The van der Waals surface area contributed by atoms with Crippen LogP contribution in [0, 0.1) is 12.5 Å². The highest BCUT2D eigenvalue weighted by molar-refractivity contribution is 4.74. The first kappa shape index (κ1) is 7.98. The third kappa shape index (κ3) is 1.94. The molecule has 0 aromatic carbocycles. The third-order valence-electron chi connectivity index (χ3n) is 1.50. The van der Waals surface area contributed by atoms with Crippen LogP contribution in [0.2, 0.25) is 0 Å². The predicted octanol–water partition coefficient (Wildman–Crippen LogP) is 0.682. The van der Waals surface area contributed by atoms with Gasteiger partial charge in [0.05, 0.1) is 19.8 Å². The lowest BCUT2D eigenvalue weighted by molar-refractivity contribution is -0.170. The Kier molecular flexibility index (Phi) is 2.65. The van der Waals surface area contributed by atoms with E-state index < -0.39 is 0 Å². The molecular formula is C7H12O3. The van der Waals surface area contributed by atoms with Crippen molar-refractivity contribution in [3.8, 4) is 0 Å². The summed E-state index contributed by atoms with van der Waals surface area (Å²) in [6.45, 7) is 4.20. The fourth-order valence-electron chi connectivity index (χ4n) is 0.961. The largest absolute Gasteiger partial charge is 0.372 e. The van der Waals surface area contributed by atoms with E-state index in [0.717, 1.165) is 0 Å². The first-order valence-electron chi connectivity index (χ1n) is 3.24. The normalized spacial score (nSPS) is 24.6. The summed E-state index contributed by atoms with van der Waals surface area (Å²) >= 11 is 0. The van der Waals surface area contributed by atoms with Gasteiger partial charge in [0.1, 0.15) is 13.9 Å². The molecule has 0 spiro atoms. The standard InChI is InChI=1S/C7H12O3/c1-7(3-8-2)4-9-6-10-5-7/h2H,3-6H2,1H3. The summed E-state index contributed by atoms with van der Waals surface area (Å²) in [4.78, 5) is 0. The van der Waals surface area contributed by atoms with E-state index in [1.165, 1.54) is 0 Å². The zero-order chi connectivity index (χ0) is 7.45. The zero-order valence-electron chi connectivity index (χ0n) is 6.13. The highest BCUT2D eigenvalue weighted by Crippen LogP contribution is 2.20. The van der Waals surface area contributed by atoms with Crippen LogP contribution in [0.25, 0.3) is 0 Å². The van der Waals surface area contributed by atoms with E-state index in [1.807, 2.05) is 6.92 Å². The molecule has 1 aliphatic heterocycles. The quantitative estimate of drug-likeness (QED) is 0.570. The lowest BCUT2D eigenvalue weighted by Gasteiger charge is -2.31. The summed E-state index contributed by atoms with van der Waals surface area (Å²) in [6.07, 6.45) is 0. The Bertz CT molecular complexity index is 91.5. The molecule has 58 valence electrons. The first-order valence-corrected chi connectivity index (χ1v) is 3.24. The molecule has 0 atom stereocenters. The predicted molar refractivity (Wildman–Crippen MR) is 35.1 cm³/mol. The van der Waals surface area contributed by atoms with Crippen LogP contribution >= 0.6 is 0 Å². The Labute approximate surface area is 61.3 Å². The summed E-state index contributed by atoms with van der Waals surface area (Å²) in [5, 5.41) is 0. The molecule has 1 rings (SSSR count). The van der Waals surface area contributed by atoms with Gasteiger partial charge < -0.3 is 14.2 Å². The fourth-order valence-corrected chi connectivity index (χ4v) is 0.961. The Morgan fingerprint density at radius 3 is 2.60 bits per heavy atom. The molecule has 1 saturated heterocycles. The Hall–Kier alpha value is -0.120. The van der Waals surface area contributed by atoms with E-state index in [0.29, 0.717) is 26.6 Å². The van der Waals surface area contributed by atoms with Gasteiger partial charge in [0.15, 0.2) is 0 Å². The summed E-state index contributed by atoms with van der Waals surface area (Å²) in [6, 6.07) is 0. The van der Waals surface area contributed by atoms with Crippen LogP contribution in [-0.2, 0) is 14.2 Å². The molecule has 1 heterocycles. The molecule has 0 saturated carbocycles. The minimum absolute atomic E-state index is 0.0625.